The number of nitrogens with one attached hydrogen (secondary N) is 1. The van der Waals surface area contributed by atoms with E-state index < -0.39 is 23.6 Å². The van der Waals surface area contributed by atoms with Gasteiger partial charge >= 0.3 is 0 Å². The van der Waals surface area contributed by atoms with Crippen LogP contribution in [0.25, 0.3) is 0 Å². The van der Waals surface area contributed by atoms with Crippen LogP contribution >= 0.6 is 0 Å². The predicted octanol–water partition coefficient (Wildman–Crippen LogP) is -0.385. The Labute approximate surface area is 86.7 Å². The van der Waals surface area contributed by atoms with E-state index >= 15 is 0 Å². The maximum absolute atomic E-state index is 11.5. The monoisotopic (exact) mass is 208 g/mol. The summed E-state index contributed by atoms with van der Waals surface area (Å²) in [6.45, 7) is 0. The van der Waals surface area contributed by atoms with Crippen molar-refractivity contribution < 1.29 is 14.4 Å². The zero-order valence-electron chi connectivity index (χ0n) is 8.21. The second-order valence-electron chi connectivity index (χ2n) is 3.88. The lowest BCUT2D eigenvalue weighted by Crippen LogP contribution is -2.31. The highest BCUT2D eigenvalue weighted by Crippen LogP contribution is 2.32. The maximum Gasteiger partial charge on any atom is 0.255 e. The molecule has 0 bridgehead atoms. The molecule has 1 atom stereocenters. The van der Waals surface area contributed by atoms with Crippen molar-refractivity contribution in [2.45, 2.75) is 25.7 Å². The van der Waals surface area contributed by atoms with Gasteiger partial charge < -0.3 is 5.73 Å². The summed E-state index contributed by atoms with van der Waals surface area (Å²) < 4.78 is 0. The lowest BCUT2D eigenvalue weighted by Gasteiger charge is -2.06. The highest BCUT2D eigenvalue weighted by Gasteiger charge is 2.42. The van der Waals surface area contributed by atoms with Gasteiger partial charge in [0.25, 0.3) is 5.91 Å². The van der Waals surface area contributed by atoms with Gasteiger partial charge in [0.1, 0.15) is 5.92 Å². The van der Waals surface area contributed by atoms with Crippen molar-refractivity contribution in [1.82, 2.24) is 5.32 Å². The zero-order valence-corrected chi connectivity index (χ0v) is 8.21. The van der Waals surface area contributed by atoms with Crippen LogP contribution < -0.4 is 11.1 Å². The van der Waals surface area contributed by atoms with Gasteiger partial charge in [0.2, 0.25) is 11.8 Å². The van der Waals surface area contributed by atoms with Crippen molar-refractivity contribution in [3.8, 4) is 0 Å². The van der Waals surface area contributed by atoms with Gasteiger partial charge in [0.05, 0.1) is 0 Å². The molecule has 2 rings (SSSR count). The zero-order chi connectivity index (χ0) is 11.0. The molecule has 1 heterocycles. The summed E-state index contributed by atoms with van der Waals surface area (Å²) in [6.07, 6.45) is 3.59. The molecule has 0 spiro atoms. The maximum atomic E-state index is 11.5. The number of rotatable bonds is 1. The molecule has 1 aliphatic heterocycles. The lowest BCUT2D eigenvalue weighted by atomic mass is 9.95. The molecule has 5 heteroatoms. The first kappa shape index (κ1) is 9.89. The van der Waals surface area contributed by atoms with E-state index in [0.29, 0.717) is 5.57 Å². The largest absolute Gasteiger partial charge is 0.369 e. The number of imide groups is 1. The molecule has 1 saturated heterocycles. The summed E-state index contributed by atoms with van der Waals surface area (Å²) >= 11 is 0. The molecular formula is C10H12N2O3. The van der Waals surface area contributed by atoms with Crippen LogP contribution in [-0.2, 0) is 14.4 Å². The molecule has 2 aliphatic rings. The Kier molecular flexibility index (Phi) is 2.30. The highest BCUT2D eigenvalue weighted by atomic mass is 16.2. The fourth-order valence-corrected chi connectivity index (χ4v) is 2.22. The minimum absolute atomic E-state index is 0.310. The van der Waals surface area contributed by atoms with E-state index in [1.54, 1.807) is 0 Å². The molecule has 1 saturated carbocycles. The topological polar surface area (TPSA) is 89.3 Å². The first-order chi connectivity index (χ1) is 7.11. The molecule has 0 aromatic rings. The van der Waals surface area contributed by atoms with Crippen LogP contribution in [0, 0.1) is 5.92 Å². The van der Waals surface area contributed by atoms with Crippen molar-refractivity contribution in [3.05, 3.63) is 11.1 Å². The Balaban J connectivity index is 2.43. The number of hydrogen-bond acceptors (Lipinski definition) is 3. The fraction of sp³-hybridized carbons (Fsp3) is 0.500. The molecular weight excluding hydrogens is 196 g/mol. The van der Waals surface area contributed by atoms with Crippen LogP contribution in [-0.4, -0.2) is 17.7 Å². The van der Waals surface area contributed by atoms with Crippen LogP contribution in [0.4, 0.5) is 0 Å². The molecule has 3 amide bonds. The van der Waals surface area contributed by atoms with Crippen LogP contribution in [0.1, 0.15) is 25.7 Å². The van der Waals surface area contributed by atoms with E-state index in [2.05, 4.69) is 5.32 Å². The third-order valence-electron chi connectivity index (χ3n) is 2.90. The van der Waals surface area contributed by atoms with E-state index in [0.717, 1.165) is 31.3 Å². The first-order valence-electron chi connectivity index (χ1n) is 4.97. The number of nitrogens with two attached hydrogens (primary N) is 1. The number of amides is 3. The fourth-order valence-electron chi connectivity index (χ4n) is 2.22. The molecule has 1 aliphatic carbocycles. The molecule has 2 fully saturated rings. The summed E-state index contributed by atoms with van der Waals surface area (Å²) in [6, 6.07) is 0. The average Bonchev–Trinajstić information content (AvgIpc) is 2.71. The Morgan fingerprint density at radius 3 is 2.40 bits per heavy atom. The smallest absolute Gasteiger partial charge is 0.255 e. The quantitative estimate of drug-likeness (QED) is 0.349. The molecule has 0 radical (unpaired) electrons. The van der Waals surface area contributed by atoms with Gasteiger partial charge in [-0.2, -0.15) is 0 Å². The normalized spacial score (nSPS) is 26.0. The standard InChI is InChI=1S/C10H12N2O3/c11-8(13)7-6(5-3-1-2-4-5)9(14)12-10(7)15/h7H,1-4H2,(H2,11,13)(H,12,14,15)/t7-/m0/s1. The Hall–Kier alpha value is -1.65. The number of hydrogen-bond donors (Lipinski definition) is 2. The van der Waals surface area contributed by atoms with Gasteiger partial charge in [-0.15, -0.1) is 0 Å². The van der Waals surface area contributed by atoms with Gasteiger partial charge in [0.15, 0.2) is 0 Å². The molecule has 5 nitrogen and oxygen atoms in total. The number of allylic oxidation sites excluding steroid dienone is 1. The van der Waals surface area contributed by atoms with Crippen molar-refractivity contribution >= 4 is 17.7 Å². The summed E-state index contributed by atoms with van der Waals surface area (Å²) in [5.74, 6) is -2.83. The van der Waals surface area contributed by atoms with Crippen LogP contribution in [0.2, 0.25) is 0 Å². The van der Waals surface area contributed by atoms with Crippen molar-refractivity contribution in [3.63, 3.8) is 0 Å². The Bertz CT molecular complexity index is 376. The number of carbonyl (C=O) groups excluding carboxylic acids is 3. The minimum atomic E-state index is -1.06. The molecule has 0 aromatic carbocycles. The predicted molar refractivity (Wildman–Crippen MR) is 51.3 cm³/mol. The molecule has 80 valence electrons. The van der Waals surface area contributed by atoms with E-state index in [-0.39, 0.29) is 0 Å². The van der Waals surface area contributed by atoms with Crippen LogP contribution in [0.3, 0.4) is 0 Å². The van der Waals surface area contributed by atoms with E-state index in [4.69, 9.17) is 5.73 Å². The van der Waals surface area contributed by atoms with Gasteiger partial charge in [0, 0.05) is 5.57 Å². The molecule has 15 heavy (non-hydrogen) atoms. The second-order valence-corrected chi connectivity index (χ2v) is 3.88. The SMILES string of the molecule is NC(=O)[C@H]1C(=O)NC(=O)C1=C1CCCC1. The average molecular weight is 208 g/mol. The first-order valence-corrected chi connectivity index (χ1v) is 4.97. The molecule has 0 unspecified atom stereocenters. The Morgan fingerprint density at radius 2 is 1.87 bits per heavy atom. The summed E-state index contributed by atoms with van der Waals surface area (Å²) in [5, 5.41) is 2.14. The van der Waals surface area contributed by atoms with Gasteiger partial charge in [-0.25, -0.2) is 0 Å². The van der Waals surface area contributed by atoms with Gasteiger partial charge in [-0.05, 0) is 25.7 Å². The van der Waals surface area contributed by atoms with Crippen LogP contribution in [0.15, 0.2) is 11.1 Å². The molecule has 3 N–H and O–H groups in total. The van der Waals surface area contributed by atoms with Crippen molar-refractivity contribution in [2.75, 3.05) is 0 Å². The summed E-state index contributed by atoms with van der Waals surface area (Å²) in [4.78, 5) is 33.9. The second kappa shape index (κ2) is 3.49. The van der Waals surface area contributed by atoms with Crippen molar-refractivity contribution in [2.24, 2.45) is 11.7 Å². The lowest BCUT2D eigenvalue weighted by molar-refractivity contribution is -0.130. The van der Waals surface area contributed by atoms with E-state index in [1.807, 2.05) is 0 Å². The third kappa shape index (κ3) is 1.54. The molecule has 0 aromatic heterocycles. The Morgan fingerprint density at radius 1 is 1.27 bits per heavy atom. The van der Waals surface area contributed by atoms with Crippen molar-refractivity contribution in [1.29, 1.82) is 0 Å². The minimum Gasteiger partial charge on any atom is -0.369 e. The van der Waals surface area contributed by atoms with E-state index in [9.17, 15) is 14.4 Å². The van der Waals surface area contributed by atoms with E-state index in [1.165, 1.54) is 0 Å². The van der Waals surface area contributed by atoms with Gasteiger partial charge in [-0.1, -0.05) is 5.57 Å². The highest BCUT2D eigenvalue weighted by molar-refractivity contribution is 6.23. The number of carbonyl (C=O) groups is 3. The van der Waals surface area contributed by atoms with Crippen LogP contribution in [0.5, 0.6) is 0 Å². The summed E-state index contributed by atoms with van der Waals surface area (Å²) in [5.41, 5.74) is 6.35. The van der Waals surface area contributed by atoms with Gasteiger partial charge in [-0.3, -0.25) is 19.7 Å². The number of primary amides is 1. The third-order valence-corrected chi connectivity index (χ3v) is 2.90. The summed E-state index contributed by atoms with van der Waals surface area (Å²) in [7, 11) is 0.